The van der Waals surface area contributed by atoms with E-state index in [1.165, 1.54) is 24.3 Å². The van der Waals surface area contributed by atoms with E-state index in [9.17, 15) is 22.4 Å². The molecule has 9 heteroatoms. The number of hydrogen-bond acceptors (Lipinski definition) is 2. The van der Waals surface area contributed by atoms with E-state index in [4.69, 9.17) is 11.6 Å². The Balaban J connectivity index is 1.70. The second kappa shape index (κ2) is 7.92. The fourth-order valence-electron chi connectivity index (χ4n) is 3.96. The van der Waals surface area contributed by atoms with E-state index >= 15 is 0 Å². The number of amides is 1. The zero-order valence-electron chi connectivity index (χ0n) is 17.4. The molecule has 2 heterocycles. The Morgan fingerprint density at radius 3 is 2.44 bits per heavy atom. The van der Waals surface area contributed by atoms with Crippen LogP contribution in [0.5, 0.6) is 0 Å². The highest BCUT2D eigenvalue weighted by atomic mass is 35.5. The summed E-state index contributed by atoms with van der Waals surface area (Å²) in [6, 6.07) is 9.41. The first-order chi connectivity index (χ1) is 15.0. The average molecular weight is 466 g/mol. The Bertz CT molecular complexity index is 1170. The first-order valence-electron chi connectivity index (χ1n) is 10.0. The van der Waals surface area contributed by atoms with Crippen LogP contribution in [0, 0.1) is 5.82 Å². The number of nitrogens with zero attached hydrogens (tertiary/aromatic N) is 3. The van der Waals surface area contributed by atoms with Crippen molar-refractivity contribution in [3.8, 4) is 5.69 Å². The number of alkyl halides is 3. The van der Waals surface area contributed by atoms with E-state index in [-0.39, 0.29) is 17.3 Å². The summed E-state index contributed by atoms with van der Waals surface area (Å²) in [6.45, 7) is 3.61. The van der Waals surface area contributed by atoms with E-state index in [2.05, 4.69) is 5.10 Å². The molecule has 32 heavy (non-hydrogen) atoms. The largest absolute Gasteiger partial charge is 0.417 e. The van der Waals surface area contributed by atoms with Gasteiger partial charge in [0.2, 0.25) is 5.91 Å². The highest BCUT2D eigenvalue weighted by Crippen LogP contribution is 2.39. The highest BCUT2D eigenvalue weighted by molar-refractivity contribution is 6.31. The first-order valence-corrected chi connectivity index (χ1v) is 10.4. The third kappa shape index (κ3) is 3.88. The number of hydrogen-bond donors (Lipinski definition) is 0. The lowest BCUT2D eigenvalue weighted by atomic mass is 9.82. The Morgan fingerprint density at radius 1 is 1.09 bits per heavy atom. The van der Waals surface area contributed by atoms with Gasteiger partial charge in [-0.1, -0.05) is 17.7 Å². The second-order valence-electron chi connectivity index (χ2n) is 8.24. The molecule has 1 aliphatic heterocycles. The smallest absolute Gasteiger partial charge is 0.308 e. The monoisotopic (exact) mass is 465 g/mol. The van der Waals surface area contributed by atoms with Gasteiger partial charge in [-0.25, -0.2) is 9.07 Å². The molecule has 0 bridgehead atoms. The van der Waals surface area contributed by atoms with Crippen LogP contribution in [0.1, 0.15) is 37.1 Å². The lowest BCUT2D eigenvalue weighted by Gasteiger charge is -2.35. The molecule has 1 amide bonds. The Hall–Kier alpha value is -2.87. The summed E-state index contributed by atoms with van der Waals surface area (Å²) < 4.78 is 55.0. The van der Waals surface area contributed by atoms with Crippen molar-refractivity contribution in [1.29, 1.82) is 0 Å². The van der Waals surface area contributed by atoms with Crippen LogP contribution < -0.4 is 4.90 Å². The molecular weight excluding hydrogens is 446 g/mol. The third-order valence-corrected chi connectivity index (χ3v) is 6.11. The number of aromatic nitrogens is 2. The topological polar surface area (TPSA) is 38.1 Å². The van der Waals surface area contributed by atoms with E-state index < -0.39 is 22.2 Å². The minimum absolute atomic E-state index is 0.220. The van der Waals surface area contributed by atoms with Crippen molar-refractivity contribution < 1.29 is 22.4 Å². The SMILES string of the molecule is CC(C)(C(=O)N1CCCc2c1cnn2-c1ccc(F)cc1)c1ccc(Cl)c(C(F)(F)F)c1. The summed E-state index contributed by atoms with van der Waals surface area (Å²) in [4.78, 5) is 15.1. The molecule has 1 aliphatic rings. The van der Waals surface area contributed by atoms with Gasteiger partial charge in [-0.05, 0) is 68.7 Å². The maximum atomic E-state index is 13.5. The van der Waals surface area contributed by atoms with Crippen LogP contribution >= 0.6 is 11.6 Å². The summed E-state index contributed by atoms with van der Waals surface area (Å²) in [7, 11) is 0. The number of anilines is 1. The van der Waals surface area contributed by atoms with Crippen LogP contribution in [-0.2, 0) is 22.8 Å². The van der Waals surface area contributed by atoms with E-state index in [1.54, 1.807) is 41.8 Å². The van der Waals surface area contributed by atoms with E-state index in [0.717, 1.165) is 11.8 Å². The molecule has 1 aromatic heterocycles. The normalized spacial score (nSPS) is 14.4. The number of halogens is 5. The van der Waals surface area contributed by atoms with Crippen LogP contribution in [0.15, 0.2) is 48.7 Å². The van der Waals surface area contributed by atoms with Gasteiger partial charge in [0, 0.05) is 6.54 Å². The molecule has 0 aliphatic carbocycles. The highest BCUT2D eigenvalue weighted by Gasteiger charge is 2.40. The molecule has 0 fully saturated rings. The molecule has 0 spiro atoms. The number of benzene rings is 2. The number of rotatable bonds is 3. The zero-order valence-corrected chi connectivity index (χ0v) is 18.1. The van der Waals surface area contributed by atoms with Crippen molar-refractivity contribution in [2.24, 2.45) is 0 Å². The summed E-state index contributed by atoms with van der Waals surface area (Å²) in [5.41, 5.74) is 0.0618. The van der Waals surface area contributed by atoms with Crippen molar-refractivity contribution in [2.75, 3.05) is 11.4 Å². The third-order valence-electron chi connectivity index (χ3n) is 5.78. The Morgan fingerprint density at radius 2 is 1.78 bits per heavy atom. The average Bonchev–Trinajstić information content (AvgIpc) is 3.17. The quantitative estimate of drug-likeness (QED) is 0.449. The predicted molar refractivity (Wildman–Crippen MR) is 114 cm³/mol. The molecule has 4 nitrogen and oxygen atoms in total. The Labute approximate surface area is 187 Å². The molecule has 4 rings (SSSR count). The maximum Gasteiger partial charge on any atom is 0.417 e. The lowest BCUT2D eigenvalue weighted by molar-refractivity contribution is -0.137. The summed E-state index contributed by atoms with van der Waals surface area (Å²) >= 11 is 5.75. The van der Waals surface area contributed by atoms with Gasteiger partial charge in [0.15, 0.2) is 0 Å². The standard InChI is InChI=1S/C23H20ClF4N3O/c1-22(2,14-5-10-18(24)17(12-14)23(26,27)28)21(32)30-11-3-4-19-20(30)13-29-31(19)16-8-6-15(25)7-9-16/h5-10,12-13H,3-4,11H2,1-2H3. The van der Waals surface area contributed by atoms with Gasteiger partial charge in [-0.15, -0.1) is 0 Å². The van der Waals surface area contributed by atoms with Gasteiger partial charge in [-0.2, -0.15) is 18.3 Å². The fraction of sp³-hybridized carbons (Fsp3) is 0.304. The van der Waals surface area contributed by atoms with Crippen LogP contribution in [0.3, 0.4) is 0 Å². The van der Waals surface area contributed by atoms with Crippen molar-refractivity contribution in [1.82, 2.24) is 9.78 Å². The molecule has 0 unspecified atom stereocenters. The molecule has 0 atom stereocenters. The molecule has 2 aromatic carbocycles. The number of carbonyl (C=O) groups excluding carboxylic acids is 1. The maximum absolute atomic E-state index is 13.5. The lowest BCUT2D eigenvalue weighted by Crippen LogP contribution is -2.46. The minimum atomic E-state index is -4.62. The first kappa shape index (κ1) is 22.3. The number of fused-ring (bicyclic) bond motifs is 1. The van der Waals surface area contributed by atoms with Gasteiger partial charge in [-0.3, -0.25) is 4.79 Å². The van der Waals surface area contributed by atoms with Crippen LogP contribution in [0.2, 0.25) is 5.02 Å². The van der Waals surface area contributed by atoms with E-state index in [0.29, 0.717) is 30.8 Å². The fourth-order valence-corrected chi connectivity index (χ4v) is 4.18. The molecule has 0 saturated carbocycles. The summed E-state index contributed by atoms with van der Waals surface area (Å²) in [5, 5.41) is 3.97. The summed E-state index contributed by atoms with van der Waals surface area (Å²) in [5.74, 6) is -0.706. The summed E-state index contributed by atoms with van der Waals surface area (Å²) in [6.07, 6.45) is -1.73. The molecular formula is C23H20ClF4N3O. The molecule has 168 valence electrons. The Kier molecular flexibility index (Phi) is 5.53. The second-order valence-corrected chi connectivity index (χ2v) is 8.65. The van der Waals surface area contributed by atoms with Crippen molar-refractivity contribution >= 4 is 23.2 Å². The molecule has 0 saturated heterocycles. The van der Waals surface area contributed by atoms with Crippen molar-refractivity contribution in [3.63, 3.8) is 0 Å². The van der Waals surface area contributed by atoms with Crippen LogP contribution in [0.25, 0.3) is 5.69 Å². The van der Waals surface area contributed by atoms with Gasteiger partial charge >= 0.3 is 6.18 Å². The van der Waals surface area contributed by atoms with Crippen molar-refractivity contribution in [3.05, 3.63) is 76.3 Å². The zero-order chi connectivity index (χ0) is 23.3. The molecule has 0 radical (unpaired) electrons. The minimum Gasteiger partial charge on any atom is -0.308 e. The predicted octanol–water partition coefficient (Wildman–Crippen LogP) is 5.94. The molecule has 0 N–H and O–H groups in total. The van der Waals surface area contributed by atoms with Crippen LogP contribution in [0.4, 0.5) is 23.2 Å². The van der Waals surface area contributed by atoms with Crippen LogP contribution in [-0.4, -0.2) is 22.2 Å². The van der Waals surface area contributed by atoms with E-state index in [1.807, 2.05) is 0 Å². The van der Waals surface area contributed by atoms with Gasteiger partial charge in [0.25, 0.3) is 0 Å². The van der Waals surface area contributed by atoms with Gasteiger partial charge in [0.1, 0.15) is 5.82 Å². The van der Waals surface area contributed by atoms with Crippen molar-refractivity contribution in [2.45, 2.75) is 38.3 Å². The van der Waals surface area contributed by atoms with Gasteiger partial charge < -0.3 is 4.90 Å². The van der Waals surface area contributed by atoms with Gasteiger partial charge in [0.05, 0.1) is 39.3 Å². The molecule has 3 aromatic rings. The number of carbonyl (C=O) groups is 1.